The minimum Gasteiger partial charge on any atom is -0.275 e. The molecule has 0 atom stereocenters. The zero-order valence-corrected chi connectivity index (χ0v) is 7.15. The van der Waals surface area contributed by atoms with Crippen molar-refractivity contribution in [3.8, 4) is 0 Å². The molecule has 12 heavy (non-hydrogen) atoms. The topological polar surface area (TPSA) is 17.8 Å². The van der Waals surface area contributed by atoms with Gasteiger partial charge in [-0.25, -0.2) is 0 Å². The summed E-state index contributed by atoms with van der Waals surface area (Å²) in [6.45, 7) is 0. The molecule has 1 aromatic heterocycles. The average Bonchev–Trinajstić information content (AvgIpc) is 2.29. The summed E-state index contributed by atoms with van der Waals surface area (Å²) in [4.78, 5) is 0. The predicted molar refractivity (Wildman–Crippen MR) is 40.9 cm³/mol. The third-order valence-corrected chi connectivity index (χ3v) is 1.68. The molecule has 0 bridgehead atoms. The Morgan fingerprint density at radius 2 is 2.17 bits per heavy atom. The van der Waals surface area contributed by atoms with Crippen molar-refractivity contribution in [2.45, 2.75) is 11.9 Å². The minimum atomic E-state index is -4.38. The molecule has 0 saturated heterocycles. The zero-order chi connectivity index (χ0) is 9.35. The van der Waals surface area contributed by atoms with Crippen LogP contribution in [-0.4, -0.2) is 9.78 Å². The van der Waals surface area contributed by atoms with Crippen molar-refractivity contribution in [1.29, 1.82) is 0 Å². The van der Waals surface area contributed by atoms with Crippen LogP contribution in [0.3, 0.4) is 0 Å². The highest BCUT2D eigenvalue weighted by molar-refractivity contribution is 7.79. The normalized spacial score (nSPS) is 12.1. The van der Waals surface area contributed by atoms with Crippen molar-refractivity contribution >= 4 is 12.6 Å². The summed E-state index contributed by atoms with van der Waals surface area (Å²) < 4.78 is 37.6. The highest BCUT2D eigenvalue weighted by Crippen LogP contribution is 2.30. The van der Waals surface area contributed by atoms with Gasteiger partial charge in [0.2, 0.25) is 0 Å². The molecule has 1 heterocycles. The van der Waals surface area contributed by atoms with Gasteiger partial charge in [-0.3, -0.25) is 4.68 Å². The van der Waals surface area contributed by atoms with Gasteiger partial charge in [0.25, 0.3) is 0 Å². The first kappa shape index (κ1) is 9.44. The molecular weight excluding hydrogens is 189 g/mol. The van der Waals surface area contributed by atoms with Crippen LogP contribution in [0.1, 0.15) is 11.3 Å². The van der Waals surface area contributed by atoms with Crippen LogP contribution in [0, 0.1) is 0 Å². The second-order valence-corrected chi connectivity index (χ2v) is 2.65. The summed E-state index contributed by atoms with van der Waals surface area (Å²) in [6, 6.07) is 0. The Hall–Kier alpha value is -0.650. The smallest absolute Gasteiger partial charge is 0.275 e. The lowest BCUT2D eigenvalue weighted by atomic mass is 10.3. The van der Waals surface area contributed by atoms with Crippen LogP contribution in [0.5, 0.6) is 0 Å². The summed E-state index contributed by atoms with van der Waals surface area (Å²) in [7, 11) is 1.45. The maximum Gasteiger partial charge on any atom is 0.435 e. The number of halogens is 3. The van der Waals surface area contributed by atoms with Gasteiger partial charge in [0.1, 0.15) is 0 Å². The Balaban J connectivity index is 3.13. The van der Waals surface area contributed by atoms with Crippen LogP contribution in [0.15, 0.2) is 6.20 Å². The Bertz CT molecular complexity index is 279. The lowest BCUT2D eigenvalue weighted by Crippen LogP contribution is -2.08. The van der Waals surface area contributed by atoms with Gasteiger partial charge in [-0.2, -0.15) is 30.9 Å². The molecule has 68 valence electrons. The summed E-state index contributed by atoms with van der Waals surface area (Å²) >= 11 is 3.77. The number of nitrogens with zero attached hydrogens (tertiary/aromatic N) is 2. The average molecular weight is 196 g/mol. The predicted octanol–water partition coefficient (Wildman–Crippen LogP) is 1.87. The third-order valence-electron chi connectivity index (χ3n) is 1.34. The molecule has 6 heteroatoms. The van der Waals surface area contributed by atoms with Crippen molar-refractivity contribution in [2.75, 3.05) is 0 Å². The van der Waals surface area contributed by atoms with Crippen molar-refractivity contribution < 1.29 is 13.2 Å². The largest absolute Gasteiger partial charge is 0.435 e. The van der Waals surface area contributed by atoms with Crippen LogP contribution in [-0.2, 0) is 19.0 Å². The number of aromatic nitrogens is 2. The van der Waals surface area contributed by atoms with Crippen LogP contribution in [0.2, 0.25) is 0 Å². The van der Waals surface area contributed by atoms with E-state index in [1.807, 2.05) is 0 Å². The van der Waals surface area contributed by atoms with Gasteiger partial charge in [0.05, 0.1) is 0 Å². The maximum absolute atomic E-state index is 12.1. The lowest BCUT2D eigenvalue weighted by molar-refractivity contribution is -0.141. The highest BCUT2D eigenvalue weighted by atomic mass is 32.1. The SMILES string of the molecule is Cn1cc(CS)c(C(F)(F)F)n1. The molecule has 0 N–H and O–H groups in total. The van der Waals surface area contributed by atoms with Gasteiger partial charge in [0.15, 0.2) is 5.69 Å². The van der Waals surface area contributed by atoms with E-state index in [0.29, 0.717) is 0 Å². The summed E-state index contributed by atoms with van der Waals surface area (Å²) in [5.74, 6) is 0.0443. The van der Waals surface area contributed by atoms with E-state index in [4.69, 9.17) is 0 Å². The van der Waals surface area contributed by atoms with Gasteiger partial charge in [-0.15, -0.1) is 0 Å². The second-order valence-electron chi connectivity index (χ2n) is 2.33. The third kappa shape index (κ3) is 1.74. The molecule has 0 aliphatic heterocycles. The molecule has 0 saturated carbocycles. The van der Waals surface area contributed by atoms with Crippen LogP contribution in [0.4, 0.5) is 13.2 Å². The number of hydrogen-bond donors (Lipinski definition) is 1. The molecule has 0 fully saturated rings. The minimum absolute atomic E-state index is 0.0443. The van der Waals surface area contributed by atoms with E-state index in [9.17, 15) is 13.2 Å². The van der Waals surface area contributed by atoms with Crippen molar-refractivity contribution in [1.82, 2.24) is 9.78 Å². The second kappa shape index (κ2) is 3.01. The first-order chi connectivity index (χ1) is 5.45. The monoisotopic (exact) mass is 196 g/mol. The molecular formula is C6H7F3N2S. The quantitative estimate of drug-likeness (QED) is 0.679. The molecule has 2 nitrogen and oxygen atoms in total. The molecule has 0 radical (unpaired) electrons. The fourth-order valence-electron chi connectivity index (χ4n) is 0.892. The number of thiol groups is 1. The number of alkyl halides is 3. The van der Waals surface area contributed by atoms with Gasteiger partial charge in [-0.05, 0) is 0 Å². The molecule has 0 unspecified atom stereocenters. The first-order valence-electron chi connectivity index (χ1n) is 3.15. The van der Waals surface area contributed by atoms with E-state index >= 15 is 0 Å². The molecule has 0 aliphatic rings. The first-order valence-corrected chi connectivity index (χ1v) is 3.79. The van der Waals surface area contributed by atoms with E-state index in [-0.39, 0.29) is 11.3 Å². The van der Waals surface area contributed by atoms with Gasteiger partial charge in [0, 0.05) is 24.6 Å². The standard InChI is InChI=1S/C6H7F3N2S/c1-11-2-4(3-12)5(10-11)6(7,8)9/h2,12H,3H2,1H3. The maximum atomic E-state index is 12.1. The number of aryl methyl sites for hydroxylation is 1. The van der Waals surface area contributed by atoms with E-state index in [0.717, 1.165) is 4.68 Å². The van der Waals surface area contributed by atoms with Crippen LogP contribution >= 0.6 is 12.6 Å². The fraction of sp³-hybridized carbons (Fsp3) is 0.500. The molecule has 1 aromatic rings. The van der Waals surface area contributed by atoms with Gasteiger partial charge < -0.3 is 0 Å². The van der Waals surface area contributed by atoms with Crippen LogP contribution in [0.25, 0.3) is 0 Å². The van der Waals surface area contributed by atoms with Gasteiger partial charge >= 0.3 is 6.18 Å². The van der Waals surface area contributed by atoms with E-state index in [1.54, 1.807) is 0 Å². The van der Waals surface area contributed by atoms with E-state index in [2.05, 4.69) is 17.7 Å². The zero-order valence-electron chi connectivity index (χ0n) is 6.26. The Morgan fingerprint density at radius 3 is 2.50 bits per heavy atom. The summed E-state index contributed by atoms with van der Waals surface area (Å²) in [6.07, 6.45) is -3.06. The lowest BCUT2D eigenvalue weighted by Gasteiger charge is -2.02. The molecule has 0 aliphatic carbocycles. The molecule has 0 spiro atoms. The number of hydrogen-bond acceptors (Lipinski definition) is 2. The van der Waals surface area contributed by atoms with Crippen LogP contribution < -0.4 is 0 Å². The molecule has 0 amide bonds. The number of rotatable bonds is 1. The summed E-state index contributed by atoms with van der Waals surface area (Å²) in [5.41, 5.74) is -0.742. The Morgan fingerprint density at radius 1 is 1.58 bits per heavy atom. The highest BCUT2D eigenvalue weighted by Gasteiger charge is 2.36. The fourth-order valence-corrected chi connectivity index (χ4v) is 1.12. The van der Waals surface area contributed by atoms with E-state index in [1.165, 1.54) is 13.2 Å². The van der Waals surface area contributed by atoms with Crippen molar-refractivity contribution in [2.24, 2.45) is 7.05 Å². The summed E-state index contributed by atoms with van der Waals surface area (Å²) in [5, 5.41) is 3.30. The Labute approximate surface area is 72.8 Å². The van der Waals surface area contributed by atoms with Crippen molar-refractivity contribution in [3.63, 3.8) is 0 Å². The van der Waals surface area contributed by atoms with Gasteiger partial charge in [-0.1, -0.05) is 0 Å². The van der Waals surface area contributed by atoms with E-state index < -0.39 is 11.9 Å². The molecule has 1 rings (SSSR count). The Kier molecular flexibility index (Phi) is 2.36. The van der Waals surface area contributed by atoms with Crippen molar-refractivity contribution in [3.05, 3.63) is 17.5 Å². The molecule has 0 aromatic carbocycles.